The van der Waals surface area contributed by atoms with Crippen molar-refractivity contribution >= 4 is 29.0 Å². The first-order chi connectivity index (χ1) is 7.40. The maximum absolute atomic E-state index is 11.2. The fourth-order valence-corrected chi connectivity index (χ4v) is 1.53. The molecule has 0 spiro atoms. The van der Waals surface area contributed by atoms with Crippen molar-refractivity contribution in [3.8, 4) is 0 Å². The summed E-state index contributed by atoms with van der Waals surface area (Å²) in [6.45, 7) is 3.77. The average molecular weight is 243 g/mol. The molecule has 0 fully saturated rings. The Labute approximate surface area is 99.2 Å². The molecule has 16 heavy (non-hydrogen) atoms. The van der Waals surface area contributed by atoms with Crippen molar-refractivity contribution in [1.29, 1.82) is 0 Å². The van der Waals surface area contributed by atoms with Crippen molar-refractivity contribution in [3.63, 3.8) is 0 Å². The maximum atomic E-state index is 11.2. The van der Waals surface area contributed by atoms with Crippen LogP contribution in [0.25, 0.3) is 0 Å². The number of pyridine rings is 1. The van der Waals surface area contributed by atoms with Crippen LogP contribution < -0.4 is 16.8 Å². The summed E-state index contributed by atoms with van der Waals surface area (Å²) in [4.78, 5) is 15.2. The third-order valence-corrected chi connectivity index (χ3v) is 2.29. The summed E-state index contributed by atoms with van der Waals surface area (Å²) in [5.41, 5.74) is 11.4. The minimum Gasteiger partial charge on any atom is -0.399 e. The second-order valence-electron chi connectivity index (χ2n) is 3.88. The summed E-state index contributed by atoms with van der Waals surface area (Å²) >= 11 is 5.75. The number of nitrogens with one attached hydrogen (secondary N) is 1. The van der Waals surface area contributed by atoms with Crippen molar-refractivity contribution in [1.82, 2.24) is 4.98 Å². The van der Waals surface area contributed by atoms with Crippen molar-refractivity contribution in [2.75, 3.05) is 11.1 Å². The fourth-order valence-electron chi connectivity index (χ4n) is 1.32. The van der Waals surface area contributed by atoms with Crippen LogP contribution in [0.15, 0.2) is 12.1 Å². The van der Waals surface area contributed by atoms with E-state index in [2.05, 4.69) is 10.3 Å². The summed E-state index contributed by atoms with van der Waals surface area (Å²) in [6.07, 6.45) is 0. The molecule has 0 aliphatic heterocycles. The molecular formula is C10H15ClN4O. The Kier molecular flexibility index (Phi) is 3.95. The van der Waals surface area contributed by atoms with Gasteiger partial charge in [-0.25, -0.2) is 4.98 Å². The average Bonchev–Trinajstić information content (AvgIpc) is 2.11. The molecule has 0 bridgehead atoms. The zero-order chi connectivity index (χ0) is 12.3. The van der Waals surface area contributed by atoms with Gasteiger partial charge >= 0.3 is 0 Å². The van der Waals surface area contributed by atoms with Crippen LogP contribution >= 0.6 is 11.6 Å². The predicted octanol–water partition coefficient (Wildman–Crippen LogP) is 1.24. The number of hydrogen-bond acceptors (Lipinski definition) is 4. The van der Waals surface area contributed by atoms with Gasteiger partial charge in [-0.2, -0.15) is 0 Å². The van der Waals surface area contributed by atoms with Crippen LogP contribution in [0.3, 0.4) is 0 Å². The van der Waals surface area contributed by atoms with Gasteiger partial charge in [0, 0.05) is 11.8 Å². The zero-order valence-corrected chi connectivity index (χ0v) is 9.95. The van der Waals surface area contributed by atoms with E-state index in [0.717, 1.165) is 0 Å². The molecule has 1 unspecified atom stereocenters. The Bertz CT molecular complexity index is 374. The van der Waals surface area contributed by atoms with E-state index in [9.17, 15) is 4.79 Å². The molecule has 1 atom stereocenters. The van der Waals surface area contributed by atoms with Crippen LogP contribution in [0.4, 0.5) is 11.5 Å². The Morgan fingerprint density at radius 1 is 1.50 bits per heavy atom. The van der Waals surface area contributed by atoms with Gasteiger partial charge in [-0.05, 0) is 12.0 Å². The first-order valence-electron chi connectivity index (χ1n) is 4.89. The quantitative estimate of drug-likeness (QED) is 0.693. The van der Waals surface area contributed by atoms with E-state index in [1.807, 2.05) is 13.8 Å². The normalized spacial score (nSPS) is 12.5. The Balaban J connectivity index is 2.89. The summed E-state index contributed by atoms with van der Waals surface area (Å²) in [6, 6.07) is 2.64. The molecule has 5 N–H and O–H groups in total. The van der Waals surface area contributed by atoms with Crippen LogP contribution in [0.2, 0.25) is 5.15 Å². The third-order valence-electron chi connectivity index (χ3n) is 2.09. The number of rotatable bonds is 4. The van der Waals surface area contributed by atoms with Crippen molar-refractivity contribution in [3.05, 3.63) is 17.3 Å². The molecule has 0 aliphatic carbocycles. The minimum atomic E-state index is -0.495. The van der Waals surface area contributed by atoms with E-state index in [0.29, 0.717) is 11.5 Å². The molecule has 1 aromatic heterocycles. The van der Waals surface area contributed by atoms with Gasteiger partial charge in [0.2, 0.25) is 5.91 Å². The largest absolute Gasteiger partial charge is 0.399 e. The lowest BCUT2D eigenvalue weighted by Crippen LogP contribution is -2.39. The van der Waals surface area contributed by atoms with Crippen LogP contribution in [0.1, 0.15) is 13.8 Å². The SMILES string of the molecule is CC(C)C(Nc1cc(N)cc(Cl)n1)C(N)=O. The molecule has 1 amide bonds. The highest BCUT2D eigenvalue weighted by Gasteiger charge is 2.19. The number of anilines is 2. The highest BCUT2D eigenvalue weighted by molar-refractivity contribution is 6.29. The van der Waals surface area contributed by atoms with E-state index < -0.39 is 11.9 Å². The lowest BCUT2D eigenvalue weighted by atomic mass is 10.0. The van der Waals surface area contributed by atoms with E-state index in [4.69, 9.17) is 23.1 Å². The lowest BCUT2D eigenvalue weighted by molar-refractivity contribution is -0.119. The number of halogens is 1. The van der Waals surface area contributed by atoms with Crippen LogP contribution in [0.5, 0.6) is 0 Å². The summed E-state index contributed by atoms with van der Waals surface area (Å²) in [5.74, 6) is 0.0670. The fraction of sp³-hybridized carbons (Fsp3) is 0.400. The van der Waals surface area contributed by atoms with Gasteiger partial charge in [-0.3, -0.25) is 4.79 Å². The second kappa shape index (κ2) is 5.03. The Morgan fingerprint density at radius 3 is 2.56 bits per heavy atom. The van der Waals surface area contributed by atoms with Crippen molar-refractivity contribution < 1.29 is 4.79 Å². The van der Waals surface area contributed by atoms with Crippen LogP contribution in [0, 0.1) is 5.92 Å². The summed E-state index contributed by atoms with van der Waals surface area (Å²) in [7, 11) is 0. The molecule has 1 aromatic rings. The van der Waals surface area contributed by atoms with Gasteiger partial charge in [0.1, 0.15) is 17.0 Å². The van der Waals surface area contributed by atoms with E-state index in [1.54, 1.807) is 6.07 Å². The minimum absolute atomic E-state index is 0.0551. The third kappa shape index (κ3) is 3.27. The number of nitrogens with zero attached hydrogens (tertiary/aromatic N) is 1. The van der Waals surface area contributed by atoms with Gasteiger partial charge in [-0.1, -0.05) is 25.4 Å². The van der Waals surface area contributed by atoms with E-state index in [-0.39, 0.29) is 11.1 Å². The highest BCUT2D eigenvalue weighted by atomic mass is 35.5. The topological polar surface area (TPSA) is 94.0 Å². The van der Waals surface area contributed by atoms with Gasteiger partial charge in [0.05, 0.1) is 0 Å². The zero-order valence-electron chi connectivity index (χ0n) is 9.20. The lowest BCUT2D eigenvalue weighted by Gasteiger charge is -2.19. The number of carbonyl (C=O) groups excluding carboxylic acids is 1. The molecule has 1 rings (SSSR count). The smallest absolute Gasteiger partial charge is 0.240 e. The number of nitrogen functional groups attached to an aromatic ring is 1. The first kappa shape index (κ1) is 12.6. The van der Waals surface area contributed by atoms with Crippen LogP contribution in [-0.4, -0.2) is 16.9 Å². The Hall–Kier alpha value is -1.49. The highest BCUT2D eigenvalue weighted by Crippen LogP contribution is 2.18. The second-order valence-corrected chi connectivity index (χ2v) is 4.26. The predicted molar refractivity (Wildman–Crippen MR) is 65.1 cm³/mol. The molecule has 0 aromatic carbocycles. The van der Waals surface area contributed by atoms with Crippen molar-refractivity contribution in [2.24, 2.45) is 11.7 Å². The van der Waals surface area contributed by atoms with Crippen molar-refractivity contribution in [2.45, 2.75) is 19.9 Å². The van der Waals surface area contributed by atoms with Gasteiger partial charge in [-0.15, -0.1) is 0 Å². The molecule has 0 radical (unpaired) electrons. The molecule has 0 saturated carbocycles. The number of aromatic nitrogens is 1. The molecular weight excluding hydrogens is 228 g/mol. The molecule has 88 valence electrons. The van der Waals surface area contributed by atoms with Gasteiger partial charge in [0.25, 0.3) is 0 Å². The first-order valence-corrected chi connectivity index (χ1v) is 5.27. The van der Waals surface area contributed by atoms with Gasteiger partial charge in [0.15, 0.2) is 0 Å². The monoisotopic (exact) mass is 242 g/mol. The number of hydrogen-bond donors (Lipinski definition) is 3. The van der Waals surface area contributed by atoms with Gasteiger partial charge < -0.3 is 16.8 Å². The Morgan fingerprint density at radius 2 is 2.12 bits per heavy atom. The molecule has 6 heteroatoms. The summed E-state index contributed by atoms with van der Waals surface area (Å²) in [5, 5.41) is 3.18. The van der Waals surface area contributed by atoms with Crippen LogP contribution in [-0.2, 0) is 4.79 Å². The van der Waals surface area contributed by atoms with E-state index in [1.165, 1.54) is 6.07 Å². The summed E-state index contributed by atoms with van der Waals surface area (Å²) < 4.78 is 0. The number of amides is 1. The molecule has 0 saturated heterocycles. The number of primary amides is 1. The van der Waals surface area contributed by atoms with E-state index >= 15 is 0 Å². The molecule has 0 aliphatic rings. The molecule has 5 nitrogen and oxygen atoms in total. The maximum Gasteiger partial charge on any atom is 0.240 e. The number of carbonyl (C=O) groups is 1. The number of nitrogens with two attached hydrogens (primary N) is 2. The molecule has 1 heterocycles. The standard InChI is InChI=1S/C10H15ClN4O/c1-5(2)9(10(13)16)15-8-4-6(12)3-7(11)14-8/h3-5,9H,1-2H3,(H2,13,16)(H3,12,14,15).